The Hall–Kier alpha value is -2.40. The van der Waals surface area contributed by atoms with Crippen molar-refractivity contribution in [3.8, 4) is 0 Å². The first-order chi connectivity index (χ1) is 11.2. The summed E-state index contributed by atoms with van der Waals surface area (Å²) in [7, 11) is 0. The SMILES string of the molecule is Nc1nc(N2CCCC2)sc1/C=C1\C=Cc2ccccc2C1=O. The molecule has 0 unspecified atom stereocenters. The monoisotopic (exact) mass is 323 g/mol. The van der Waals surface area contributed by atoms with E-state index in [1.54, 1.807) is 11.3 Å². The Labute approximate surface area is 139 Å². The number of fused-ring (bicyclic) bond motifs is 1. The lowest BCUT2D eigenvalue weighted by Crippen LogP contribution is -2.17. The van der Waals surface area contributed by atoms with E-state index in [1.165, 1.54) is 12.8 Å². The predicted molar refractivity (Wildman–Crippen MR) is 95.8 cm³/mol. The number of anilines is 2. The van der Waals surface area contributed by atoms with Gasteiger partial charge < -0.3 is 10.6 Å². The van der Waals surface area contributed by atoms with Crippen LogP contribution in [0.4, 0.5) is 10.9 Å². The summed E-state index contributed by atoms with van der Waals surface area (Å²) in [5, 5.41) is 0.958. The van der Waals surface area contributed by atoms with Gasteiger partial charge in [0.05, 0.1) is 4.88 Å². The van der Waals surface area contributed by atoms with Crippen LogP contribution in [0.25, 0.3) is 12.2 Å². The van der Waals surface area contributed by atoms with E-state index in [-0.39, 0.29) is 5.78 Å². The third kappa shape index (κ3) is 2.57. The quantitative estimate of drug-likeness (QED) is 0.858. The molecule has 2 heterocycles. The summed E-state index contributed by atoms with van der Waals surface area (Å²) in [4.78, 5) is 20.2. The maximum Gasteiger partial charge on any atom is 0.193 e. The topological polar surface area (TPSA) is 59.2 Å². The smallest absolute Gasteiger partial charge is 0.193 e. The van der Waals surface area contributed by atoms with Crippen LogP contribution >= 0.6 is 11.3 Å². The van der Waals surface area contributed by atoms with Crippen molar-refractivity contribution >= 4 is 40.2 Å². The molecule has 1 saturated heterocycles. The number of Topliss-reactive ketones (excluding diaryl/α,β-unsaturated/α-hetero) is 1. The van der Waals surface area contributed by atoms with Gasteiger partial charge in [0.2, 0.25) is 0 Å². The summed E-state index contributed by atoms with van der Waals surface area (Å²) in [6.45, 7) is 2.07. The number of allylic oxidation sites excluding steroid dienone is 2. The molecule has 0 atom stereocenters. The zero-order chi connectivity index (χ0) is 15.8. The molecule has 0 radical (unpaired) electrons. The fourth-order valence-electron chi connectivity index (χ4n) is 2.99. The van der Waals surface area contributed by atoms with Gasteiger partial charge in [0.25, 0.3) is 0 Å². The molecule has 23 heavy (non-hydrogen) atoms. The highest BCUT2D eigenvalue weighted by atomic mass is 32.1. The molecular weight excluding hydrogens is 306 g/mol. The molecule has 1 aromatic carbocycles. The highest BCUT2D eigenvalue weighted by molar-refractivity contribution is 7.17. The van der Waals surface area contributed by atoms with Crippen molar-refractivity contribution in [2.24, 2.45) is 0 Å². The third-order valence-electron chi connectivity index (χ3n) is 4.24. The summed E-state index contributed by atoms with van der Waals surface area (Å²) < 4.78 is 0. The standard InChI is InChI=1S/C18H17N3OS/c19-17-15(23-18(20-17)21-9-3-4-10-21)11-13-8-7-12-5-1-2-6-14(12)16(13)22/h1-2,5-8,11H,3-4,9-10,19H2/b13-11+. The van der Waals surface area contributed by atoms with E-state index in [1.807, 2.05) is 42.5 Å². The number of nitrogen functional groups attached to an aromatic ring is 1. The Kier molecular flexibility index (Phi) is 3.50. The molecule has 1 aliphatic heterocycles. The van der Waals surface area contributed by atoms with Crippen molar-refractivity contribution in [1.29, 1.82) is 0 Å². The van der Waals surface area contributed by atoms with Crippen molar-refractivity contribution in [2.45, 2.75) is 12.8 Å². The first-order valence-corrected chi connectivity index (χ1v) is 8.59. The van der Waals surface area contributed by atoms with Crippen LogP contribution in [0.5, 0.6) is 0 Å². The number of benzene rings is 1. The van der Waals surface area contributed by atoms with Crippen LogP contribution < -0.4 is 10.6 Å². The number of rotatable bonds is 2. The first kappa shape index (κ1) is 14.2. The fourth-order valence-corrected chi connectivity index (χ4v) is 3.98. The van der Waals surface area contributed by atoms with Gasteiger partial charge in [-0.3, -0.25) is 4.79 Å². The maximum absolute atomic E-state index is 12.6. The van der Waals surface area contributed by atoms with Gasteiger partial charge in [-0.2, -0.15) is 0 Å². The summed E-state index contributed by atoms with van der Waals surface area (Å²) in [5.41, 5.74) is 8.42. The molecule has 1 aromatic heterocycles. The third-order valence-corrected chi connectivity index (χ3v) is 5.32. The second kappa shape index (κ2) is 5.66. The van der Waals surface area contributed by atoms with Crippen molar-refractivity contribution < 1.29 is 4.79 Å². The van der Waals surface area contributed by atoms with E-state index in [0.29, 0.717) is 11.4 Å². The minimum absolute atomic E-state index is 0.0404. The lowest BCUT2D eigenvalue weighted by Gasteiger charge is -2.12. The molecule has 2 N–H and O–H groups in total. The van der Waals surface area contributed by atoms with Crippen molar-refractivity contribution in [2.75, 3.05) is 23.7 Å². The molecule has 5 heteroatoms. The van der Waals surface area contributed by atoms with Crippen LogP contribution in [-0.4, -0.2) is 23.9 Å². The average molecular weight is 323 g/mol. The molecule has 116 valence electrons. The zero-order valence-electron chi connectivity index (χ0n) is 12.7. The summed E-state index contributed by atoms with van der Waals surface area (Å²) >= 11 is 1.56. The molecule has 4 nitrogen and oxygen atoms in total. The number of nitrogens with zero attached hydrogens (tertiary/aromatic N) is 2. The number of hydrogen-bond donors (Lipinski definition) is 1. The number of thiazole rings is 1. The number of ketones is 1. The molecule has 0 saturated carbocycles. The Bertz CT molecular complexity index is 829. The predicted octanol–water partition coefficient (Wildman–Crippen LogP) is 3.62. The largest absolute Gasteiger partial charge is 0.382 e. The number of aromatic nitrogens is 1. The van der Waals surface area contributed by atoms with Crippen LogP contribution in [0.15, 0.2) is 35.9 Å². The molecule has 2 aromatic rings. The van der Waals surface area contributed by atoms with Crippen LogP contribution in [0.3, 0.4) is 0 Å². The van der Waals surface area contributed by atoms with E-state index in [4.69, 9.17) is 5.73 Å². The lowest BCUT2D eigenvalue weighted by molar-refractivity contribution is 0.103. The van der Waals surface area contributed by atoms with Crippen LogP contribution in [-0.2, 0) is 0 Å². The lowest BCUT2D eigenvalue weighted by atomic mass is 9.92. The maximum atomic E-state index is 12.6. The molecular formula is C18H17N3OS. The molecule has 4 rings (SSSR count). The molecule has 0 spiro atoms. The minimum Gasteiger partial charge on any atom is -0.382 e. The van der Waals surface area contributed by atoms with Crippen molar-refractivity contribution in [3.05, 3.63) is 51.9 Å². The Balaban J connectivity index is 1.67. The Morgan fingerprint density at radius 3 is 2.78 bits per heavy atom. The van der Waals surface area contributed by atoms with Gasteiger partial charge in [-0.15, -0.1) is 0 Å². The molecule has 0 bridgehead atoms. The second-order valence-electron chi connectivity index (χ2n) is 5.79. The highest BCUT2D eigenvalue weighted by Crippen LogP contribution is 2.33. The normalized spacial score (nSPS) is 18.7. The van der Waals surface area contributed by atoms with Gasteiger partial charge in [-0.25, -0.2) is 4.98 Å². The summed E-state index contributed by atoms with van der Waals surface area (Å²) in [6, 6.07) is 7.64. The first-order valence-electron chi connectivity index (χ1n) is 7.77. The van der Waals surface area contributed by atoms with Crippen molar-refractivity contribution in [3.63, 3.8) is 0 Å². The number of carbonyl (C=O) groups excluding carboxylic acids is 1. The van der Waals surface area contributed by atoms with Gasteiger partial charge in [0.15, 0.2) is 10.9 Å². The average Bonchev–Trinajstić information content (AvgIpc) is 3.21. The van der Waals surface area contributed by atoms with Crippen LogP contribution in [0.2, 0.25) is 0 Å². The number of hydrogen-bond acceptors (Lipinski definition) is 5. The van der Waals surface area contributed by atoms with E-state index < -0.39 is 0 Å². The second-order valence-corrected chi connectivity index (χ2v) is 6.80. The number of carbonyl (C=O) groups is 1. The fraction of sp³-hybridized carbons (Fsp3) is 0.222. The van der Waals surface area contributed by atoms with Crippen molar-refractivity contribution in [1.82, 2.24) is 4.98 Å². The summed E-state index contributed by atoms with van der Waals surface area (Å²) in [6.07, 6.45) is 8.10. The Morgan fingerprint density at radius 2 is 1.96 bits per heavy atom. The Morgan fingerprint density at radius 1 is 1.17 bits per heavy atom. The van der Waals surface area contributed by atoms with Crippen LogP contribution in [0, 0.1) is 0 Å². The van der Waals surface area contributed by atoms with Gasteiger partial charge in [-0.05, 0) is 24.5 Å². The van der Waals surface area contributed by atoms with E-state index in [0.717, 1.165) is 34.2 Å². The highest BCUT2D eigenvalue weighted by Gasteiger charge is 2.20. The van der Waals surface area contributed by atoms with E-state index >= 15 is 0 Å². The number of nitrogens with two attached hydrogens (primary N) is 1. The van der Waals surface area contributed by atoms with Crippen LogP contribution in [0.1, 0.15) is 33.6 Å². The van der Waals surface area contributed by atoms with E-state index in [2.05, 4.69) is 9.88 Å². The van der Waals surface area contributed by atoms with Gasteiger partial charge >= 0.3 is 0 Å². The molecule has 1 fully saturated rings. The minimum atomic E-state index is 0.0404. The molecule has 0 amide bonds. The van der Waals surface area contributed by atoms with E-state index in [9.17, 15) is 4.79 Å². The molecule has 2 aliphatic rings. The van der Waals surface area contributed by atoms with Gasteiger partial charge in [0, 0.05) is 24.2 Å². The summed E-state index contributed by atoms with van der Waals surface area (Å²) in [5.74, 6) is 0.545. The zero-order valence-corrected chi connectivity index (χ0v) is 13.5. The van der Waals surface area contributed by atoms with Gasteiger partial charge in [0.1, 0.15) is 5.82 Å². The van der Waals surface area contributed by atoms with Gasteiger partial charge in [-0.1, -0.05) is 47.8 Å². The molecule has 1 aliphatic carbocycles.